The SMILES string of the molecule is COc1ccc(C(=O)N2CCCN(C3=Nc4ccc(C)cc4Oc4ccccc43)CC2)cc1OC. The molecule has 0 radical (unpaired) electrons. The second-order valence-electron chi connectivity index (χ2n) is 8.71. The fourth-order valence-corrected chi connectivity index (χ4v) is 4.55. The van der Waals surface area contributed by atoms with Gasteiger partial charge in [-0.25, -0.2) is 4.99 Å². The normalized spacial score (nSPS) is 15.1. The van der Waals surface area contributed by atoms with Crippen LogP contribution in [0.2, 0.25) is 0 Å². The lowest BCUT2D eigenvalue weighted by atomic mass is 10.1. The molecule has 0 atom stereocenters. The second kappa shape index (κ2) is 9.70. The average molecular weight is 472 g/mol. The van der Waals surface area contributed by atoms with Crippen LogP contribution < -0.4 is 14.2 Å². The molecule has 3 aromatic carbocycles. The lowest BCUT2D eigenvalue weighted by molar-refractivity contribution is 0.0763. The molecule has 2 heterocycles. The number of hydrogen-bond donors (Lipinski definition) is 0. The molecular formula is C28H29N3O4. The van der Waals surface area contributed by atoms with E-state index in [1.807, 2.05) is 54.3 Å². The number of aliphatic imine (C=N–C) groups is 1. The first kappa shape index (κ1) is 22.8. The second-order valence-corrected chi connectivity index (χ2v) is 8.71. The van der Waals surface area contributed by atoms with Gasteiger partial charge in [-0.3, -0.25) is 4.79 Å². The summed E-state index contributed by atoms with van der Waals surface area (Å²) >= 11 is 0. The molecule has 2 aliphatic rings. The van der Waals surface area contributed by atoms with Crippen LogP contribution in [0.15, 0.2) is 65.7 Å². The number of aryl methyl sites for hydroxylation is 1. The minimum atomic E-state index is -0.0137. The van der Waals surface area contributed by atoms with Crippen molar-refractivity contribution in [3.8, 4) is 23.0 Å². The van der Waals surface area contributed by atoms with Crippen LogP contribution in [0.1, 0.15) is 27.9 Å². The van der Waals surface area contributed by atoms with E-state index in [-0.39, 0.29) is 5.91 Å². The molecule has 0 aromatic heterocycles. The van der Waals surface area contributed by atoms with Gasteiger partial charge in [-0.15, -0.1) is 0 Å². The molecule has 1 saturated heterocycles. The van der Waals surface area contributed by atoms with Crippen molar-refractivity contribution >= 4 is 17.4 Å². The third kappa shape index (κ3) is 4.54. The number of para-hydroxylation sites is 1. The van der Waals surface area contributed by atoms with Gasteiger partial charge < -0.3 is 24.0 Å². The van der Waals surface area contributed by atoms with E-state index < -0.39 is 0 Å². The lowest BCUT2D eigenvalue weighted by Crippen LogP contribution is -2.37. The van der Waals surface area contributed by atoms with E-state index in [4.69, 9.17) is 19.2 Å². The molecule has 7 nitrogen and oxygen atoms in total. The number of hydrogen-bond acceptors (Lipinski definition) is 6. The van der Waals surface area contributed by atoms with E-state index in [9.17, 15) is 4.79 Å². The number of amides is 1. The number of methoxy groups -OCH3 is 2. The zero-order valence-corrected chi connectivity index (χ0v) is 20.3. The van der Waals surface area contributed by atoms with Gasteiger partial charge in [-0.1, -0.05) is 18.2 Å². The molecule has 0 bridgehead atoms. The van der Waals surface area contributed by atoms with Crippen molar-refractivity contribution < 1.29 is 19.0 Å². The van der Waals surface area contributed by atoms with Crippen molar-refractivity contribution in [2.24, 2.45) is 4.99 Å². The molecule has 1 fully saturated rings. The maximum atomic E-state index is 13.3. The molecule has 7 heteroatoms. The van der Waals surface area contributed by atoms with E-state index >= 15 is 0 Å². The van der Waals surface area contributed by atoms with E-state index in [1.165, 1.54) is 0 Å². The maximum absolute atomic E-state index is 13.3. The summed E-state index contributed by atoms with van der Waals surface area (Å²) in [5.74, 6) is 3.57. The van der Waals surface area contributed by atoms with Gasteiger partial charge in [0, 0.05) is 31.7 Å². The fourth-order valence-electron chi connectivity index (χ4n) is 4.55. The zero-order valence-electron chi connectivity index (χ0n) is 20.3. The topological polar surface area (TPSA) is 63.6 Å². The third-order valence-corrected chi connectivity index (χ3v) is 6.40. The van der Waals surface area contributed by atoms with Gasteiger partial charge in [-0.2, -0.15) is 0 Å². The Hall–Kier alpha value is -4.00. The summed E-state index contributed by atoms with van der Waals surface area (Å²) in [7, 11) is 3.16. The lowest BCUT2D eigenvalue weighted by Gasteiger charge is -2.25. The highest BCUT2D eigenvalue weighted by Crippen LogP contribution is 2.38. The van der Waals surface area contributed by atoms with Gasteiger partial charge in [0.05, 0.1) is 19.8 Å². The Balaban J connectivity index is 1.41. The van der Waals surface area contributed by atoms with Crippen LogP contribution in [-0.2, 0) is 0 Å². The molecule has 0 spiro atoms. The monoisotopic (exact) mass is 471 g/mol. The molecule has 35 heavy (non-hydrogen) atoms. The number of ether oxygens (including phenoxy) is 3. The Bertz CT molecular complexity index is 1290. The number of amidine groups is 1. The predicted octanol–water partition coefficient (Wildman–Crippen LogP) is 5.04. The number of carbonyl (C=O) groups is 1. The highest BCUT2D eigenvalue weighted by atomic mass is 16.5. The van der Waals surface area contributed by atoms with Crippen molar-refractivity contribution in [1.29, 1.82) is 0 Å². The average Bonchev–Trinajstić information content (AvgIpc) is 3.22. The van der Waals surface area contributed by atoms with Gasteiger partial charge in [0.25, 0.3) is 5.91 Å². The Labute approximate surface area is 205 Å². The zero-order chi connectivity index (χ0) is 24.4. The van der Waals surface area contributed by atoms with Crippen molar-refractivity contribution in [2.45, 2.75) is 13.3 Å². The van der Waals surface area contributed by atoms with Gasteiger partial charge in [0.2, 0.25) is 0 Å². The molecule has 0 N–H and O–H groups in total. The quantitative estimate of drug-likeness (QED) is 0.535. The van der Waals surface area contributed by atoms with Crippen LogP contribution in [0.25, 0.3) is 0 Å². The number of fused-ring (bicyclic) bond motifs is 2. The van der Waals surface area contributed by atoms with E-state index in [0.29, 0.717) is 36.7 Å². The Morgan fingerprint density at radius 2 is 1.71 bits per heavy atom. The summed E-state index contributed by atoms with van der Waals surface area (Å²) in [5, 5.41) is 0. The van der Waals surface area contributed by atoms with Gasteiger partial charge in [-0.05, 0) is 61.4 Å². The van der Waals surface area contributed by atoms with E-state index in [0.717, 1.165) is 47.1 Å². The Morgan fingerprint density at radius 1 is 0.886 bits per heavy atom. The largest absolute Gasteiger partial charge is 0.493 e. The number of carbonyl (C=O) groups excluding carboxylic acids is 1. The molecule has 1 amide bonds. The van der Waals surface area contributed by atoms with Crippen LogP contribution >= 0.6 is 0 Å². The first-order chi connectivity index (χ1) is 17.1. The Morgan fingerprint density at radius 3 is 2.54 bits per heavy atom. The maximum Gasteiger partial charge on any atom is 0.254 e. The summed E-state index contributed by atoms with van der Waals surface area (Å²) in [6, 6.07) is 19.4. The van der Waals surface area contributed by atoms with Gasteiger partial charge in [0.15, 0.2) is 17.2 Å². The molecule has 180 valence electrons. The van der Waals surface area contributed by atoms with Crippen LogP contribution in [0.3, 0.4) is 0 Å². The number of nitrogens with zero attached hydrogens (tertiary/aromatic N) is 3. The molecule has 0 aliphatic carbocycles. The van der Waals surface area contributed by atoms with Gasteiger partial charge >= 0.3 is 0 Å². The summed E-state index contributed by atoms with van der Waals surface area (Å²) in [6.07, 6.45) is 0.835. The van der Waals surface area contributed by atoms with Crippen LogP contribution in [-0.4, -0.2) is 61.9 Å². The highest BCUT2D eigenvalue weighted by molar-refractivity contribution is 6.04. The van der Waals surface area contributed by atoms with Crippen molar-refractivity contribution in [3.63, 3.8) is 0 Å². The molecule has 2 aliphatic heterocycles. The summed E-state index contributed by atoms with van der Waals surface area (Å²) < 4.78 is 17.0. The minimum absolute atomic E-state index is 0.0137. The van der Waals surface area contributed by atoms with Crippen LogP contribution in [0.5, 0.6) is 23.0 Å². The number of rotatable bonds is 3. The predicted molar refractivity (Wildman–Crippen MR) is 136 cm³/mol. The van der Waals surface area contributed by atoms with Crippen molar-refractivity contribution in [3.05, 3.63) is 77.4 Å². The minimum Gasteiger partial charge on any atom is -0.493 e. The smallest absolute Gasteiger partial charge is 0.254 e. The number of benzene rings is 3. The molecule has 5 rings (SSSR count). The van der Waals surface area contributed by atoms with Gasteiger partial charge in [0.1, 0.15) is 17.3 Å². The standard InChI is InChI=1S/C28H29N3O4/c1-19-9-11-22-25(17-19)35-23-8-5-4-7-21(23)27(29-22)30-13-6-14-31(16-15-30)28(32)20-10-12-24(33-2)26(18-20)34-3/h4-5,7-12,17-18H,6,13-16H2,1-3H3. The molecular weight excluding hydrogens is 442 g/mol. The fraction of sp³-hybridized carbons (Fsp3) is 0.286. The van der Waals surface area contributed by atoms with E-state index in [2.05, 4.69) is 4.90 Å². The van der Waals surface area contributed by atoms with Crippen LogP contribution in [0.4, 0.5) is 5.69 Å². The molecule has 0 unspecified atom stereocenters. The first-order valence-corrected chi connectivity index (χ1v) is 11.8. The molecule has 0 saturated carbocycles. The first-order valence-electron chi connectivity index (χ1n) is 11.8. The summed E-state index contributed by atoms with van der Waals surface area (Å²) in [6.45, 7) is 4.78. The van der Waals surface area contributed by atoms with Crippen LogP contribution in [0, 0.1) is 6.92 Å². The van der Waals surface area contributed by atoms with E-state index in [1.54, 1.807) is 32.4 Å². The summed E-state index contributed by atoms with van der Waals surface area (Å²) in [5.41, 5.74) is 3.48. The Kier molecular flexibility index (Phi) is 6.31. The van der Waals surface area contributed by atoms with Crippen molar-refractivity contribution in [2.75, 3.05) is 40.4 Å². The summed E-state index contributed by atoms with van der Waals surface area (Å²) in [4.78, 5) is 22.5. The molecule has 3 aromatic rings. The van der Waals surface area contributed by atoms with Crippen molar-refractivity contribution in [1.82, 2.24) is 9.80 Å². The third-order valence-electron chi connectivity index (χ3n) is 6.40. The highest BCUT2D eigenvalue weighted by Gasteiger charge is 2.26.